The maximum Gasteiger partial charge on any atom is 0.274 e. The molecule has 2 heterocycles. The number of pyridine rings is 1. The predicted octanol–water partition coefficient (Wildman–Crippen LogP) is 3.55. The second kappa shape index (κ2) is 6.12. The first kappa shape index (κ1) is 15.1. The van der Waals surface area contributed by atoms with Crippen LogP contribution in [0.3, 0.4) is 0 Å². The van der Waals surface area contributed by atoms with E-state index in [0.29, 0.717) is 11.4 Å². The number of hydrogen-bond donors (Lipinski definition) is 2. The van der Waals surface area contributed by atoms with Gasteiger partial charge in [0.05, 0.1) is 11.4 Å². The first-order chi connectivity index (χ1) is 11.1. The summed E-state index contributed by atoms with van der Waals surface area (Å²) in [4.78, 5) is 17.4. The van der Waals surface area contributed by atoms with Gasteiger partial charge in [-0.15, -0.1) is 0 Å². The molecular formula is C18H19N3O2. The fraction of sp³-hybridized carbons (Fsp3) is 0.222. The molecule has 0 saturated heterocycles. The Labute approximate surface area is 134 Å². The Morgan fingerprint density at radius 2 is 2.04 bits per heavy atom. The highest BCUT2D eigenvalue weighted by molar-refractivity contribution is 6.05. The molecule has 2 N–H and O–H groups in total. The number of benzene rings is 1. The van der Waals surface area contributed by atoms with E-state index in [2.05, 4.69) is 17.2 Å². The minimum absolute atomic E-state index is 0.0443. The SMILES string of the molecule is CCCc1nc2c(C)cccn2c1C(=O)Nc1ccccc1O. The van der Waals surface area contributed by atoms with E-state index in [1.54, 1.807) is 24.3 Å². The van der Waals surface area contributed by atoms with Gasteiger partial charge in [-0.2, -0.15) is 0 Å². The van der Waals surface area contributed by atoms with Crippen molar-refractivity contribution >= 4 is 17.2 Å². The van der Waals surface area contributed by atoms with Crippen LogP contribution in [0.5, 0.6) is 5.75 Å². The van der Waals surface area contributed by atoms with Crippen LogP contribution < -0.4 is 5.32 Å². The Balaban J connectivity index is 2.07. The number of aromatic nitrogens is 2. The van der Waals surface area contributed by atoms with E-state index in [1.165, 1.54) is 0 Å². The predicted molar refractivity (Wildman–Crippen MR) is 90.0 cm³/mol. The molecule has 5 heteroatoms. The van der Waals surface area contributed by atoms with Gasteiger partial charge in [0.2, 0.25) is 0 Å². The van der Waals surface area contributed by atoms with Crippen LogP contribution >= 0.6 is 0 Å². The minimum atomic E-state index is -0.270. The normalized spacial score (nSPS) is 10.9. The molecule has 3 aromatic rings. The summed E-state index contributed by atoms with van der Waals surface area (Å²) in [6, 6.07) is 10.6. The standard InChI is InChI=1S/C18H19N3O2/c1-3-7-14-16(21-11-6-8-12(2)17(21)19-14)18(23)20-13-9-4-5-10-15(13)22/h4-6,8-11,22H,3,7H2,1-2H3,(H,20,23). The number of nitrogens with zero attached hydrogens (tertiary/aromatic N) is 2. The first-order valence-corrected chi connectivity index (χ1v) is 7.67. The second-order valence-corrected chi connectivity index (χ2v) is 5.51. The molecule has 1 aromatic carbocycles. The summed E-state index contributed by atoms with van der Waals surface area (Å²) in [7, 11) is 0. The lowest BCUT2D eigenvalue weighted by Gasteiger charge is -2.08. The summed E-state index contributed by atoms with van der Waals surface area (Å²) in [5.74, 6) is -0.226. The molecule has 0 bridgehead atoms. The molecule has 0 radical (unpaired) electrons. The van der Waals surface area contributed by atoms with Crippen LogP contribution in [0.4, 0.5) is 5.69 Å². The Hall–Kier alpha value is -2.82. The number of phenolic OH excluding ortho intramolecular Hbond substituents is 1. The lowest BCUT2D eigenvalue weighted by molar-refractivity contribution is 0.102. The maximum atomic E-state index is 12.8. The molecule has 3 rings (SSSR count). The second-order valence-electron chi connectivity index (χ2n) is 5.51. The Kier molecular flexibility index (Phi) is 4.02. The van der Waals surface area contributed by atoms with E-state index in [9.17, 15) is 9.90 Å². The van der Waals surface area contributed by atoms with Crippen molar-refractivity contribution in [1.82, 2.24) is 9.38 Å². The van der Waals surface area contributed by atoms with Gasteiger partial charge in [0, 0.05) is 6.20 Å². The average Bonchev–Trinajstić information content (AvgIpc) is 2.90. The molecule has 0 fully saturated rings. The van der Waals surface area contributed by atoms with Gasteiger partial charge in [-0.05, 0) is 37.1 Å². The summed E-state index contributed by atoms with van der Waals surface area (Å²) < 4.78 is 1.82. The molecule has 0 aliphatic carbocycles. The van der Waals surface area contributed by atoms with Crippen LogP contribution in [0.15, 0.2) is 42.6 Å². The van der Waals surface area contributed by atoms with Gasteiger partial charge < -0.3 is 10.4 Å². The zero-order valence-electron chi connectivity index (χ0n) is 13.2. The quantitative estimate of drug-likeness (QED) is 0.724. The molecule has 2 aromatic heterocycles. The van der Waals surface area contributed by atoms with E-state index in [1.807, 2.05) is 29.7 Å². The molecule has 23 heavy (non-hydrogen) atoms. The Morgan fingerprint density at radius 1 is 1.26 bits per heavy atom. The van der Waals surface area contributed by atoms with Crippen molar-refractivity contribution in [2.75, 3.05) is 5.32 Å². The summed E-state index contributed by atoms with van der Waals surface area (Å²) in [6.45, 7) is 4.03. The number of rotatable bonds is 4. The number of carbonyl (C=O) groups is 1. The van der Waals surface area contributed by atoms with Gasteiger partial charge in [-0.25, -0.2) is 4.98 Å². The number of phenols is 1. The maximum absolute atomic E-state index is 12.8. The zero-order chi connectivity index (χ0) is 16.4. The largest absolute Gasteiger partial charge is 0.506 e. The number of imidazole rings is 1. The third-order valence-electron chi connectivity index (χ3n) is 3.77. The monoisotopic (exact) mass is 309 g/mol. The van der Waals surface area contributed by atoms with Crippen LogP contribution in [-0.4, -0.2) is 20.4 Å². The lowest BCUT2D eigenvalue weighted by Crippen LogP contribution is -2.16. The number of nitrogens with one attached hydrogen (secondary N) is 1. The lowest BCUT2D eigenvalue weighted by atomic mass is 10.2. The Bertz CT molecular complexity index is 868. The van der Waals surface area contributed by atoms with Crippen LogP contribution in [0.25, 0.3) is 5.65 Å². The fourth-order valence-corrected chi connectivity index (χ4v) is 2.66. The summed E-state index contributed by atoms with van der Waals surface area (Å²) in [6.07, 6.45) is 3.47. The fourth-order valence-electron chi connectivity index (χ4n) is 2.66. The molecule has 1 amide bonds. The smallest absolute Gasteiger partial charge is 0.274 e. The summed E-state index contributed by atoms with van der Waals surface area (Å²) in [5.41, 5.74) is 3.50. The van der Waals surface area contributed by atoms with E-state index in [-0.39, 0.29) is 11.7 Å². The number of anilines is 1. The molecular weight excluding hydrogens is 290 g/mol. The van der Waals surface area contributed by atoms with E-state index >= 15 is 0 Å². The van der Waals surface area contributed by atoms with Crippen LogP contribution in [-0.2, 0) is 6.42 Å². The molecule has 0 atom stereocenters. The Morgan fingerprint density at radius 3 is 2.78 bits per heavy atom. The molecule has 5 nitrogen and oxygen atoms in total. The number of carbonyl (C=O) groups excluding carboxylic acids is 1. The zero-order valence-corrected chi connectivity index (χ0v) is 13.2. The highest BCUT2D eigenvalue weighted by atomic mass is 16.3. The third-order valence-corrected chi connectivity index (χ3v) is 3.77. The average molecular weight is 309 g/mol. The number of hydrogen-bond acceptors (Lipinski definition) is 3. The van der Waals surface area contributed by atoms with Gasteiger partial charge in [-0.1, -0.05) is 31.5 Å². The van der Waals surface area contributed by atoms with Crippen molar-refractivity contribution in [3.63, 3.8) is 0 Å². The van der Waals surface area contributed by atoms with Crippen molar-refractivity contribution in [2.45, 2.75) is 26.7 Å². The highest BCUT2D eigenvalue weighted by Gasteiger charge is 2.20. The van der Waals surface area contributed by atoms with Gasteiger partial charge in [0.15, 0.2) is 0 Å². The van der Waals surface area contributed by atoms with Gasteiger partial charge >= 0.3 is 0 Å². The topological polar surface area (TPSA) is 66.6 Å². The van der Waals surface area contributed by atoms with Crippen molar-refractivity contribution < 1.29 is 9.90 Å². The number of amides is 1. The number of aryl methyl sites for hydroxylation is 2. The van der Waals surface area contributed by atoms with Crippen LogP contribution in [0.1, 0.15) is 35.1 Å². The minimum Gasteiger partial charge on any atom is -0.506 e. The highest BCUT2D eigenvalue weighted by Crippen LogP contribution is 2.24. The van der Waals surface area contributed by atoms with Gasteiger partial charge in [0.25, 0.3) is 5.91 Å². The van der Waals surface area contributed by atoms with Gasteiger partial charge in [0.1, 0.15) is 17.1 Å². The van der Waals surface area contributed by atoms with Crippen molar-refractivity contribution in [3.8, 4) is 5.75 Å². The molecule has 0 unspecified atom stereocenters. The van der Waals surface area contributed by atoms with Crippen molar-refractivity contribution in [2.24, 2.45) is 0 Å². The molecule has 0 saturated carbocycles. The summed E-state index contributed by atoms with van der Waals surface area (Å²) in [5, 5.41) is 12.6. The van der Waals surface area contributed by atoms with E-state index in [0.717, 1.165) is 29.7 Å². The molecule has 0 spiro atoms. The van der Waals surface area contributed by atoms with Gasteiger partial charge in [-0.3, -0.25) is 9.20 Å². The van der Waals surface area contributed by atoms with Crippen LogP contribution in [0, 0.1) is 6.92 Å². The van der Waals surface area contributed by atoms with Crippen molar-refractivity contribution in [1.29, 1.82) is 0 Å². The molecule has 0 aliphatic rings. The first-order valence-electron chi connectivity index (χ1n) is 7.67. The number of fused-ring (bicyclic) bond motifs is 1. The van der Waals surface area contributed by atoms with E-state index < -0.39 is 0 Å². The molecule has 0 aliphatic heterocycles. The van der Waals surface area contributed by atoms with E-state index in [4.69, 9.17) is 0 Å². The number of para-hydroxylation sites is 2. The number of aromatic hydroxyl groups is 1. The molecule has 118 valence electrons. The van der Waals surface area contributed by atoms with Crippen molar-refractivity contribution in [3.05, 3.63) is 59.5 Å². The third kappa shape index (κ3) is 2.77. The summed E-state index contributed by atoms with van der Waals surface area (Å²) >= 11 is 0. The van der Waals surface area contributed by atoms with Crippen LogP contribution in [0.2, 0.25) is 0 Å².